The fourth-order valence-corrected chi connectivity index (χ4v) is 1.76. The second-order valence-corrected chi connectivity index (χ2v) is 4.92. The Kier molecular flexibility index (Phi) is 4.09. The highest BCUT2D eigenvalue weighted by Crippen LogP contribution is 2.20. The average Bonchev–Trinajstić information content (AvgIpc) is 2.85. The summed E-state index contributed by atoms with van der Waals surface area (Å²) in [5.41, 5.74) is 2.42. The van der Waals surface area contributed by atoms with Crippen LogP contribution in [-0.2, 0) is 6.54 Å². The van der Waals surface area contributed by atoms with E-state index in [1.54, 1.807) is 16.9 Å². The first-order chi connectivity index (χ1) is 9.47. The molecular formula is C13H17N5O2. The molecule has 0 saturated carbocycles. The highest BCUT2D eigenvalue weighted by molar-refractivity contribution is 5.48. The van der Waals surface area contributed by atoms with Crippen LogP contribution in [0.15, 0.2) is 24.4 Å². The fraction of sp³-hybridized carbons (Fsp3) is 0.385. The van der Waals surface area contributed by atoms with Gasteiger partial charge in [0.1, 0.15) is 0 Å². The van der Waals surface area contributed by atoms with Crippen molar-refractivity contribution >= 4 is 5.69 Å². The van der Waals surface area contributed by atoms with Crippen molar-refractivity contribution in [2.24, 2.45) is 0 Å². The van der Waals surface area contributed by atoms with Crippen molar-refractivity contribution in [2.75, 3.05) is 0 Å². The van der Waals surface area contributed by atoms with Crippen molar-refractivity contribution in [1.82, 2.24) is 20.3 Å². The third kappa shape index (κ3) is 3.18. The van der Waals surface area contributed by atoms with Crippen LogP contribution in [0.5, 0.6) is 0 Å². The molecule has 20 heavy (non-hydrogen) atoms. The van der Waals surface area contributed by atoms with E-state index >= 15 is 0 Å². The molecule has 0 amide bonds. The van der Waals surface area contributed by atoms with E-state index < -0.39 is 4.92 Å². The monoisotopic (exact) mass is 275 g/mol. The number of nitro groups is 1. The summed E-state index contributed by atoms with van der Waals surface area (Å²) in [4.78, 5) is 10.4. The summed E-state index contributed by atoms with van der Waals surface area (Å²) < 4.78 is 1.57. The lowest BCUT2D eigenvalue weighted by molar-refractivity contribution is -0.384. The Bertz CT molecular complexity index is 621. The molecule has 0 unspecified atom stereocenters. The van der Waals surface area contributed by atoms with Crippen molar-refractivity contribution in [2.45, 2.75) is 33.4 Å². The largest absolute Gasteiger partial charge is 0.309 e. The lowest BCUT2D eigenvalue weighted by Gasteiger charge is -2.05. The predicted octanol–water partition coefficient (Wildman–Crippen LogP) is 1.98. The molecule has 2 aromatic rings. The van der Waals surface area contributed by atoms with Crippen molar-refractivity contribution in [3.63, 3.8) is 0 Å². The summed E-state index contributed by atoms with van der Waals surface area (Å²) in [5.74, 6) is 0. The van der Waals surface area contributed by atoms with Gasteiger partial charge in [-0.1, -0.05) is 25.1 Å². The zero-order valence-corrected chi connectivity index (χ0v) is 11.7. The molecule has 0 saturated heterocycles. The predicted molar refractivity (Wildman–Crippen MR) is 74.7 cm³/mol. The van der Waals surface area contributed by atoms with Gasteiger partial charge in [0, 0.05) is 24.7 Å². The molecule has 0 aliphatic heterocycles. The quantitative estimate of drug-likeness (QED) is 0.666. The Labute approximate surface area is 116 Å². The maximum absolute atomic E-state index is 10.8. The topological polar surface area (TPSA) is 85.9 Å². The van der Waals surface area contributed by atoms with Crippen LogP contribution < -0.4 is 5.32 Å². The molecule has 0 spiro atoms. The highest BCUT2D eigenvalue weighted by Gasteiger charge is 2.11. The van der Waals surface area contributed by atoms with Gasteiger partial charge in [-0.25, -0.2) is 4.68 Å². The SMILES string of the molecule is Cc1ccc([N+](=O)[O-])cc1-n1cc(CNC(C)C)nn1. The highest BCUT2D eigenvalue weighted by atomic mass is 16.6. The Morgan fingerprint density at radius 1 is 1.45 bits per heavy atom. The van der Waals surface area contributed by atoms with Gasteiger partial charge in [-0.2, -0.15) is 0 Å². The van der Waals surface area contributed by atoms with Crippen LogP contribution >= 0.6 is 0 Å². The number of hydrogen-bond donors (Lipinski definition) is 1. The van der Waals surface area contributed by atoms with Gasteiger partial charge in [0.15, 0.2) is 0 Å². The number of hydrogen-bond acceptors (Lipinski definition) is 5. The molecule has 0 radical (unpaired) electrons. The molecule has 1 aromatic carbocycles. The number of nitrogens with zero attached hydrogens (tertiary/aromatic N) is 4. The van der Waals surface area contributed by atoms with Crippen molar-refractivity contribution in [3.8, 4) is 5.69 Å². The second-order valence-electron chi connectivity index (χ2n) is 4.92. The second kappa shape index (κ2) is 5.79. The van der Waals surface area contributed by atoms with Gasteiger partial charge in [-0.05, 0) is 12.5 Å². The third-order valence-corrected chi connectivity index (χ3v) is 2.88. The van der Waals surface area contributed by atoms with Gasteiger partial charge < -0.3 is 5.32 Å². The normalized spacial score (nSPS) is 11.0. The van der Waals surface area contributed by atoms with Crippen molar-refractivity contribution in [3.05, 3.63) is 45.8 Å². The number of aromatic nitrogens is 3. The van der Waals surface area contributed by atoms with E-state index in [0.29, 0.717) is 18.3 Å². The Morgan fingerprint density at radius 2 is 2.20 bits per heavy atom. The lowest BCUT2D eigenvalue weighted by atomic mass is 10.2. The molecule has 106 valence electrons. The summed E-state index contributed by atoms with van der Waals surface area (Å²) in [5, 5.41) is 22.2. The molecule has 7 heteroatoms. The van der Waals surface area contributed by atoms with E-state index in [2.05, 4.69) is 29.5 Å². The zero-order chi connectivity index (χ0) is 14.7. The first kappa shape index (κ1) is 14.1. The number of benzene rings is 1. The van der Waals surface area contributed by atoms with E-state index in [9.17, 15) is 10.1 Å². The average molecular weight is 275 g/mol. The van der Waals surface area contributed by atoms with Crippen LogP contribution in [0.1, 0.15) is 25.1 Å². The summed E-state index contributed by atoms with van der Waals surface area (Å²) in [6.07, 6.45) is 1.78. The van der Waals surface area contributed by atoms with Gasteiger partial charge in [-0.15, -0.1) is 5.10 Å². The zero-order valence-electron chi connectivity index (χ0n) is 11.7. The molecular weight excluding hydrogens is 258 g/mol. The molecule has 0 atom stereocenters. The minimum atomic E-state index is -0.416. The van der Waals surface area contributed by atoms with Crippen molar-refractivity contribution < 1.29 is 4.92 Å². The number of rotatable bonds is 5. The van der Waals surface area contributed by atoms with Crippen LogP contribution in [-0.4, -0.2) is 26.0 Å². The minimum absolute atomic E-state index is 0.0444. The molecule has 1 heterocycles. The van der Waals surface area contributed by atoms with E-state index in [1.165, 1.54) is 12.1 Å². The van der Waals surface area contributed by atoms with Gasteiger partial charge in [-0.3, -0.25) is 10.1 Å². The fourth-order valence-electron chi connectivity index (χ4n) is 1.76. The molecule has 7 nitrogen and oxygen atoms in total. The summed E-state index contributed by atoms with van der Waals surface area (Å²) in [6, 6.07) is 5.06. The molecule has 0 fully saturated rings. The van der Waals surface area contributed by atoms with E-state index in [0.717, 1.165) is 11.3 Å². The van der Waals surface area contributed by atoms with Gasteiger partial charge in [0.05, 0.1) is 22.5 Å². The minimum Gasteiger partial charge on any atom is -0.309 e. The maximum Gasteiger partial charge on any atom is 0.271 e. The number of nitro benzene ring substituents is 1. The summed E-state index contributed by atoms with van der Waals surface area (Å²) >= 11 is 0. The van der Waals surface area contributed by atoms with E-state index in [-0.39, 0.29) is 5.69 Å². The molecule has 2 rings (SSSR count). The maximum atomic E-state index is 10.8. The van der Waals surface area contributed by atoms with Crippen LogP contribution in [0, 0.1) is 17.0 Å². The molecule has 1 aromatic heterocycles. The van der Waals surface area contributed by atoms with Crippen LogP contribution in [0.2, 0.25) is 0 Å². The molecule has 1 N–H and O–H groups in total. The Balaban J connectivity index is 2.27. The van der Waals surface area contributed by atoms with Crippen LogP contribution in [0.4, 0.5) is 5.69 Å². The Morgan fingerprint density at radius 3 is 2.85 bits per heavy atom. The van der Waals surface area contributed by atoms with E-state index in [4.69, 9.17) is 0 Å². The van der Waals surface area contributed by atoms with Crippen molar-refractivity contribution in [1.29, 1.82) is 0 Å². The number of non-ortho nitro benzene ring substituents is 1. The molecule has 0 aliphatic carbocycles. The Hall–Kier alpha value is -2.28. The summed E-state index contributed by atoms with van der Waals surface area (Å²) in [6.45, 7) is 6.60. The number of aryl methyl sites for hydroxylation is 1. The first-order valence-electron chi connectivity index (χ1n) is 6.37. The molecule has 0 bridgehead atoms. The third-order valence-electron chi connectivity index (χ3n) is 2.88. The lowest BCUT2D eigenvalue weighted by Crippen LogP contribution is -2.21. The first-order valence-corrected chi connectivity index (χ1v) is 6.37. The standard InChI is InChI=1S/C13H17N5O2/c1-9(2)14-7-11-8-17(16-15-11)13-6-12(18(19)20)5-4-10(13)3/h4-6,8-9,14H,7H2,1-3H3. The summed E-state index contributed by atoms with van der Waals surface area (Å²) in [7, 11) is 0. The van der Waals surface area contributed by atoms with Gasteiger partial charge in [0.25, 0.3) is 5.69 Å². The molecule has 0 aliphatic rings. The van der Waals surface area contributed by atoms with Crippen LogP contribution in [0.25, 0.3) is 5.69 Å². The van der Waals surface area contributed by atoms with E-state index in [1.807, 2.05) is 6.92 Å². The van der Waals surface area contributed by atoms with Crippen LogP contribution in [0.3, 0.4) is 0 Å². The smallest absolute Gasteiger partial charge is 0.271 e. The van der Waals surface area contributed by atoms with Gasteiger partial charge >= 0.3 is 0 Å². The van der Waals surface area contributed by atoms with Gasteiger partial charge in [0.2, 0.25) is 0 Å². The number of nitrogens with one attached hydrogen (secondary N) is 1.